The Kier molecular flexibility index (Phi) is 3.83. The minimum absolute atomic E-state index is 0.0127. The van der Waals surface area contributed by atoms with Crippen LogP contribution in [0.4, 0.5) is 13.2 Å². The van der Waals surface area contributed by atoms with Crippen LogP contribution >= 0.6 is 0 Å². The van der Waals surface area contributed by atoms with E-state index in [9.17, 15) is 23.2 Å². The Morgan fingerprint density at radius 1 is 1.46 bits per heavy atom. The van der Waals surface area contributed by atoms with Gasteiger partial charge in [0.15, 0.2) is 5.78 Å². The summed E-state index contributed by atoms with van der Waals surface area (Å²) in [4.78, 5) is 12.3. The van der Waals surface area contributed by atoms with Crippen molar-refractivity contribution in [3.8, 4) is 6.07 Å². The quantitative estimate of drug-likeness (QED) is 0.893. The van der Waals surface area contributed by atoms with Crippen molar-refractivity contribution in [3.63, 3.8) is 0 Å². The Morgan fingerprint density at radius 3 is 2.88 bits per heavy atom. The van der Waals surface area contributed by atoms with Crippen molar-refractivity contribution in [2.75, 3.05) is 0 Å². The highest BCUT2D eigenvalue weighted by molar-refractivity contribution is 5.99. The highest BCUT2D eigenvalue weighted by atomic mass is 19.4. The summed E-state index contributed by atoms with van der Waals surface area (Å²) in [5.41, 5.74) is 6.18. The second-order valence-electron chi connectivity index (χ2n) is 5.59. The molecule has 2 heterocycles. The van der Waals surface area contributed by atoms with Crippen LogP contribution in [0.5, 0.6) is 0 Å². The van der Waals surface area contributed by atoms with Gasteiger partial charge >= 0.3 is 6.18 Å². The van der Waals surface area contributed by atoms with Gasteiger partial charge in [-0.15, -0.1) is 0 Å². The second-order valence-corrected chi connectivity index (χ2v) is 5.59. The number of nitrogens with zero attached hydrogens (tertiary/aromatic N) is 3. The third-order valence-electron chi connectivity index (χ3n) is 3.90. The molecule has 1 unspecified atom stereocenters. The predicted molar refractivity (Wildman–Crippen MR) is 74.8 cm³/mol. The number of halogens is 3. The molecule has 0 radical (unpaired) electrons. The number of ketones is 1. The number of ether oxygens (including phenoxy) is 1. The first-order valence-corrected chi connectivity index (χ1v) is 7.24. The SMILES string of the molecule is N#CC1=C(N)OC2=C(C(=O)CCC2)C1c1ccn(CC(F)(F)F)n1. The summed E-state index contributed by atoms with van der Waals surface area (Å²) in [6, 6.07) is 3.25. The first-order chi connectivity index (χ1) is 11.3. The molecule has 126 valence electrons. The molecule has 6 nitrogen and oxygen atoms in total. The lowest BCUT2D eigenvalue weighted by Crippen LogP contribution is -2.28. The number of aromatic nitrogens is 2. The van der Waals surface area contributed by atoms with Crippen molar-refractivity contribution < 1.29 is 22.7 Å². The van der Waals surface area contributed by atoms with Crippen LogP contribution < -0.4 is 5.73 Å². The molecule has 1 aliphatic heterocycles. The third-order valence-corrected chi connectivity index (χ3v) is 3.90. The van der Waals surface area contributed by atoms with E-state index in [1.54, 1.807) is 0 Å². The van der Waals surface area contributed by atoms with Gasteiger partial charge in [0.2, 0.25) is 5.88 Å². The number of allylic oxidation sites excluding steroid dienone is 3. The molecule has 0 spiro atoms. The van der Waals surface area contributed by atoms with Gasteiger partial charge in [0.25, 0.3) is 0 Å². The number of carbonyl (C=O) groups excluding carboxylic acids is 1. The lowest BCUT2D eigenvalue weighted by Gasteiger charge is -2.29. The van der Waals surface area contributed by atoms with E-state index in [1.807, 2.05) is 6.07 Å². The summed E-state index contributed by atoms with van der Waals surface area (Å²) in [6.45, 7) is -1.25. The molecule has 0 amide bonds. The van der Waals surface area contributed by atoms with Crippen LogP contribution in [-0.4, -0.2) is 21.7 Å². The summed E-state index contributed by atoms with van der Waals surface area (Å²) in [7, 11) is 0. The van der Waals surface area contributed by atoms with Gasteiger partial charge in [0, 0.05) is 24.6 Å². The van der Waals surface area contributed by atoms with Crippen LogP contribution in [0.25, 0.3) is 0 Å². The molecule has 2 N–H and O–H groups in total. The zero-order chi connectivity index (χ0) is 17.5. The molecule has 1 aromatic heterocycles. The topological polar surface area (TPSA) is 93.9 Å². The molecule has 1 aliphatic carbocycles. The van der Waals surface area contributed by atoms with E-state index < -0.39 is 18.6 Å². The van der Waals surface area contributed by atoms with Crippen molar-refractivity contribution in [3.05, 3.63) is 40.7 Å². The summed E-state index contributed by atoms with van der Waals surface area (Å²) >= 11 is 0. The number of Topliss-reactive ketones (excluding diaryl/α,β-unsaturated/α-hetero) is 1. The monoisotopic (exact) mass is 338 g/mol. The highest BCUT2D eigenvalue weighted by Gasteiger charge is 2.39. The molecule has 0 fully saturated rings. The third kappa shape index (κ3) is 2.87. The van der Waals surface area contributed by atoms with Crippen LogP contribution in [0.3, 0.4) is 0 Å². The fraction of sp³-hybridized carbons (Fsp3) is 0.400. The van der Waals surface area contributed by atoms with E-state index in [0.717, 1.165) is 10.9 Å². The molecule has 9 heteroatoms. The highest BCUT2D eigenvalue weighted by Crippen LogP contribution is 2.42. The molecular weight excluding hydrogens is 325 g/mol. The van der Waals surface area contributed by atoms with Gasteiger partial charge < -0.3 is 10.5 Å². The van der Waals surface area contributed by atoms with Gasteiger partial charge in [-0.1, -0.05) is 0 Å². The molecule has 3 rings (SSSR count). The Hall–Kier alpha value is -2.76. The first kappa shape index (κ1) is 16.1. The lowest BCUT2D eigenvalue weighted by molar-refractivity contribution is -0.142. The van der Waals surface area contributed by atoms with E-state index in [4.69, 9.17) is 10.5 Å². The van der Waals surface area contributed by atoms with Crippen LogP contribution in [0.15, 0.2) is 35.1 Å². The number of hydrogen-bond donors (Lipinski definition) is 1. The molecule has 0 aromatic carbocycles. The fourth-order valence-corrected chi connectivity index (χ4v) is 2.96. The summed E-state index contributed by atoms with van der Waals surface area (Å²) in [5, 5.41) is 13.2. The van der Waals surface area contributed by atoms with Crippen molar-refractivity contribution in [2.24, 2.45) is 5.73 Å². The van der Waals surface area contributed by atoms with Crippen molar-refractivity contribution in [1.82, 2.24) is 9.78 Å². The predicted octanol–water partition coefficient (Wildman–Crippen LogP) is 2.26. The standard InChI is InChI=1S/C15H13F3N4O2/c16-15(17,18)7-22-5-4-9(21-22)12-8(6-19)14(20)24-11-3-1-2-10(23)13(11)12/h4-5,12H,1-3,7,20H2. The molecule has 2 aliphatic rings. The Morgan fingerprint density at radius 2 is 2.21 bits per heavy atom. The van der Waals surface area contributed by atoms with E-state index in [-0.39, 0.29) is 28.5 Å². The number of nitriles is 1. The van der Waals surface area contributed by atoms with E-state index in [0.29, 0.717) is 25.0 Å². The van der Waals surface area contributed by atoms with Gasteiger partial charge in [-0.3, -0.25) is 9.48 Å². The van der Waals surface area contributed by atoms with Gasteiger partial charge in [0.1, 0.15) is 23.9 Å². The maximum atomic E-state index is 12.5. The Balaban J connectivity index is 2.05. The maximum Gasteiger partial charge on any atom is 0.408 e. The maximum absolute atomic E-state index is 12.5. The van der Waals surface area contributed by atoms with Crippen molar-refractivity contribution in [1.29, 1.82) is 5.26 Å². The number of hydrogen-bond acceptors (Lipinski definition) is 5. The second kappa shape index (κ2) is 5.70. The van der Waals surface area contributed by atoms with Crippen LogP contribution in [0, 0.1) is 11.3 Å². The number of rotatable bonds is 2. The molecule has 0 bridgehead atoms. The molecule has 1 atom stereocenters. The largest absolute Gasteiger partial charge is 0.444 e. The number of nitrogens with two attached hydrogens (primary N) is 1. The normalized spacial score (nSPS) is 21.4. The number of carbonyl (C=O) groups is 1. The minimum atomic E-state index is -4.42. The molecule has 24 heavy (non-hydrogen) atoms. The summed E-state index contributed by atoms with van der Waals surface area (Å²) in [5.74, 6) is -0.854. The van der Waals surface area contributed by atoms with Crippen LogP contribution in [0.2, 0.25) is 0 Å². The van der Waals surface area contributed by atoms with E-state index >= 15 is 0 Å². The molecule has 1 aromatic rings. The van der Waals surface area contributed by atoms with Crippen LogP contribution in [0.1, 0.15) is 30.9 Å². The molecular formula is C15H13F3N4O2. The van der Waals surface area contributed by atoms with Crippen molar-refractivity contribution in [2.45, 2.75) is 37.9 Å². The zero-order valence-electron chi connectivity index (χ0n) is 12.4. The fourth-order valence-electron chi connectivity index (χ4n) is 2.96. The average Bonchev–Trinajstić information content (AvgIpc) is 2.92. The van der Waals surface area contributed by atoms with E-state index in [2.05, 4.69) is 5.10 Å². The van der Waals surface area contributed by atoms with Crippen LogP contribution in [-0.2, 0) is 16.1 Å². The minimum Gasteiger partial charge on any atom is -0.444 e. The van der Waals surface area contributed by atoms with Gasteiger partial charge in [-0.2, -0.15) is 23.5 Å². The smallest absolute Gasteiger partial charge is 0.408 e. The van der Waals surface area contributed by atoms with E-state index in [1.165, 1.54) is 6.07 Å². The molecule has 0 saturated heterocycles. The van der Waals surface area contributed by atoms with Gasteiger partial charge in [-0.05, 0) is 12.5 Å². The van der Waals surface area contributed by atoms with Gasteiger partial charge in [0.05, 0.1) is 11.6 Å². The van der Waals surface area contributed by atoms with Gasteiger partial charge in [-0.25, -0.2) is 0 Å². The summed E-state index contributed by atoms with van der Waals surface area (Å²) in [6.07, 6.45) is -1.88. The average molecular weight is 338 g/mol. The first-order valence-electron chi connectivity index (χ1n) is 7.24. The Bertz CT molecular complexity index is 798. The summed E-state index contributed by atoms with van der Waals surface area (Å²) < 4.78 is 43.6. The van der Waals surface area contributed by atoms with Crippen molar-refractivity contribution >= 4 is 5.78 Å². The lowest BCUT2D eigenvalue weighted by atomic mass is 9.80. The Labute approximate surface area is 135 Å². The zero-order valence-corrected chi connectivity index (χ0v) is 12.4. The number of alkyl halides is 3. The molecule has 0 saturated carbocycles.